The number of para-hydroxylation sites is 1. The highest BCUT2D eigenvalue weighted by Crippen LogP contribution is 2.27. The van der Waals surface area contributed by atoms with Crippen LogP contribution in [0.4, 0.5) is 5.69 Å². The predicted octanol–water partition coefficient (Wildman–Crippen LogP) is 3.24. The van der Waals surface area contributed by atoms with Crippen LogP contribution >= 0.6 is 11.8 Å². The van der Waals surface area contributed by atoms with Crippen LogP contribution in [0.25, 0.3) is 11.1 Å². The van der Waals surface area contributed by atoms with Crippen LogP contribution in [-0.4, -0.2) is 52.2 Å². The number of amides is 3. The quantitative estimate of drug-likeness (QED) is 0.351. The molecule has 4 rings (SSSR count). The van der Waals surface area contributed by atoms with Gasteiger partial charge < -0.3 is 16.8 Å². The second-order valence-corrected chi connectivity index (χ2v) is 9.90. The second kappa shape index (κ2) is 13.0. The van der Waals surface area contributed by atoms with E-state index in [1.807, 2.05) is 84.9 Å². The molecule has 0 spiro atoms. The van der Waals surface area contributed by atoms with Gasteiger partial charge in [-0.1, -0.05) is 84.6 Å². The van der Waals surface area contributed by atoms with E-state index in [1.54, 1.807) is 0 Å². The minimum absolute atomic E-state index is 0.186. The molecule has 2 atom stereocenters. The van der Waals surface area contributed by atoms with Gasteiger partial charge in [0.2, 0.25) is 17.7 Å². The Bertz CT molecular complexity index is 1280. The number of hydrogen-bond donors (Lipinski definition) is 3. The third-order valence-corrected chi connectivity index (χ3v) is 7.17. The SMILES string of the molecule is NCCC[C@@H](C(=O)N[C@@H](Cc1ccc(-c2ccccc2)cc1)C(N)=O)N1C(=O)CSC1=Nc1ccccc1. The Morgan fingerprint density at radius 1 is 0.947 bits per heavy atom. The second-order valence-electron chi connectivity index (χ2n) is 8.96. The van der Waals surface area contributed by atoms with Gasteiger partial charge in [0.05, 0.1) is 11.4 Å². The molecule has 0 unspecified atom stereocenters. The molecule has 3 amide bonds. The van der Waals surface area contributed by atoms with Gasteiger partial charge in [0.15, 0.2) is 5.17 Å². The summed E-state index contributed by atoms with van der Waals surface area (Å²) in [5.41, 5.74) is 15.1. The van der Waals surface area contributed by atoms with Crippen molar-refractivity contribution in [2.24, 2.45) is 16.5 Å². The van der Waals surface area contributed by atoms with Crippen LogP contribution in [0.5, 0.6) is 0 Å². The maximum Gasteiger partial charge on any atom is 0.243 e. The first-order valence-corrected chi connectivity index (χ1v) is 13.5. The van der Waals surface area contributed by atoms with Crippen LogP contribution in [-0.2, 0) is 20.8 Å². The summed E-state index contributed by atoms with van der Waals surface area (Å²) in [5, 5.41) is 3.24. The molecule has 0 aromatic heterocycles. The molecular weight excluding hydrogens is 498 g/mol. The van der Waals surface area contributed by atoms with Gasteiger partial charge in [-0.05, 0) is 48.2 Å². The van der Waals surface area contributed by atoms with E-state index in [9.17, 15) is 14.4 Å². The molecule has 0 aliphatic carbocycles. The molecule has 1 saturated heterocycles. The molecule has 5 N–H and O–H groups in total. The first-order chi connectivity index (χ1) is 18.5. The molecule has 0 bridgehead atoms. The molecule has 3 aromatic rings. The van der Waals surface area contributed by atoms with E-state index in [2.05, 4.69) is 10.3 Å². The topological polar surface area (TPSA) is 131 Å². The fourth-order valence-electron chi connectivity index (χ4n) is 4.26. The van der Waals surface area contributed by atoms with E-state index in [1.165, 1.54) is 16.7 Å². The predicted molar refractivity (Wildman–Crippen MR) is 152 cm³/mol. The van der Waals surface area contributed by atoms with Crippen molar-refractivity contribution in [1.29, 1.82) is 0 Å². The van der Waals surface area contributed by atoms with E-state index in [0.717, 1.165) is 16.7 Å². The van der Waals surface area contributed by atoms with Crippen LogP contribution in [0.3, 0.4) is 0 Å². The van der Waals surface area contributed by atoms with Gasteiger partial charge in [-0.25, -0.2) is 4.99 Å². The molecule has 1 aliphatic rings. The third-order valence-electron chi connectivity index (χ3n) is 6.24. The zero-order valence-electron chi connectivity index (χ0n) is 21.0. The lowest BCUT2D eigenvalue weighted by atomic mass is 10.00. The van der Waals surface area contributed by atoms with Crippen molar-refractivity contribution in [2.45, 2.75) is 31.3 Å². The average Bonchev–Trinajstić information content (AvgIpc) is 3.29. The number of carbonyl (C=O) groups is 3. The van der Waals surface area contributed by atoms with Crippen molar-refractivity contribution in [3.63, 3.8) is 0 Å². The van der Waals surface area contributed by atoms with Gasteiger partial charge in [-0.15, -0.1) is 0 Å². The number of amidine groups is 1. The van der Waals surface area contributed by atoms with Crippen molar-refractivity contribution in [2.75, 3.05) is 12.3 Å². The van der Waals surface area contributed by atoms with Gasteiger partial charge in [-0.2, -0.15) is 0 Å². The summed E-state index contributed by atoms with van der Waals surface area (Å²) in [6.45, 7) is 0.358. The summed E-state index contributed by atoms with van der Waals surface area (Å²) in [6.07, 6.45) is 1.08. The number of nitrogens with one attached hydrogen (secondary N) is 1. The van der Waals surface area contributed by atoms with Crippen LogP contribution in [0, 0.1) is 0 Å². The maximum absolute atomic E-state index is 13.5. The molecule has 9 heteroatoms. The smallest absolute Gasteiger partial charge is 0.243 e. The Morgan fingerprint density at radius 3 is 2.21 bits per heavy atom. The number of benzene rings is 3. The standard InChI is InChI=1S/C29H31N5O3S/c30-17-7-12-25(34-26(35)19-38-29(34)32-23-10-5-2-6-11-23)28(37)33-24(27(31)36)18-20-13-15-22(16-14-20)21-8-3-1-4-9-21/h1-6,8-11,13-16,24-25H,7,12,17-19,30H2,(H2,31,36)(H,33,37)/t24-,25-/m0/s1. The first kappa shape index (κ1) is 27.1. The van der Waals surface area contributed by atoms with E-state index in [4.69, 9.17) is 11.5 Å². The maximum atomic E-state index is 13.5. The highest BCUT2D eigenvalue weighted by atomic mass is 32.2. The van der Waals surface area contributed by atoms with Crippen LogP contribution in [0.1, 0.15) is 18.4 Å². The van der Waals surface area contributed by atoms with Crippen LogP contribution in [0.2, 0.25) is 0 Å². The highest BCUT2D eigenvalue weighted by Gasteiger charge is 2.39. The number of aliphatic imine (C=N–C) groups is 1. The van der Waals surface area contributed by atoms with Crippen molar-refractivity contribution in [1.82, 2.24) is 10.2 Å². The summed E-state index contributed by atoms with van der Waals surface area (Å²) in [4.78, 5) is 44.7. The number of hydrogen-bond acceptors (Lipinski definition) is 6. The summed E-state index contributed by atoms with van der Waals surface area (Å²) in [5.74, 6) is -1.14. The van der Waals surface area contributed by atoms with Gasteiger partial charge in [0, 0.05) is 6.42 Å². The van der Waals surface area contributed by atoms with E-state index < -0.39 is 23.9 Å². The minimum Gasteiger partial charge on any atom is -0.368 e. The lowest BCUT2D eigenvalue weighted by Crippen LogP contribution is -2.55. The Kier molecular flexibility index (Phi) is 9.29. The number of nitrogens with two attached hydrogens (primary N) is 2. The Labute approximate surface area is 226 Å². The Morgan fingerprint density at radius 2 is 1.58 bits per heavy atom. The normalized spacial score (nSPS) is 15.9. The molecule has 8 nitrogen and oxygen atoms in total. The van der Waals surface area contributed by atoms with Crippen molar-refractivity contribution >= 4 is 40.3 Å². The minimum atomic E-state index is -0.940. The Balaban J connectivity index is 1.51. The molecule has 196 valence electrons. The van der Waals surface area contributed by atoms with Crippen LogP contribution in [0.15, 0.2) is 89.9 Å². The zero-order chi connectivity index (χ0) is 26.9. The molecule has 1 fully saturated rings. The number of thioether (sulfide) groups is 1. The molecule has 38 heavy (non-hydrogen) atoms. The number of nitrogens with zero attached hydrogens (tertiary/aromatic N) is 2. The lowest BCUT2D eigenvalue weighted by Gasteiger charge is -2.28. The molecule has 0 saturated carbocycles. The highest BCUT2D eigenvalue weighted by molar-refractivity contribution is 8.15. The summed E-state index contributed by atoms with van der Waals surface area (Å²) < 4.78 is 0. The van der Waals surface area contributed by atoms with Crippen molar-refractivity contribution in [3.05, 3.63) is 90.5 Å². The van der Waals surface area contributed by atoms with Gasteiger partial charge in [0.25, 0.3) is 0 Å². The fraction of sp³-hybridized carbons (Fsp3) is 0.241. The Hall–Kier alpha value is -3.95. The monoisotopic (exact) mass is 529 g/mol. The summed E-state index contributed by atoms with van der Waals surface area (Å²) >= 11 is 1.28. The summed E-state index contributed by atoms with van der Waals surface area (Å²) in [7, 11) is 0. The number of primary amides is 1. The van der Waals surface area contributed by atoms with E-state index in [0.29, 0.717) is 30.2 Å². The largest absolute Gasteiger partial charge is 0.368 e. The van der Waals surface area contributed by atoms with Crippen molar-refractivity contribution in [3.8, 4) is 11.1 Å². The number of carbonyl (C=O) groups excluding carboxylic acids is 3. The molecule has 3 aromatic carbocycles. The molecule has 1 heterocycles. The van der Waals surface area contributed by atoms with E-state index in [-0.39, 0.29) is 18.1 Å². The zero-order valence-corrected chi connectivity index (χ0v) is 21.8. The molecule has 1 aliphatic heterocycles. The van der Waals surface area contributed by atoms with Crippen LogP contribution < -0.4 is 16.8 Å². The molecule has 0 radical (unpaired) electrons. The van der Waals surface area contributed by atoms with E-state index >= 15 is 0 Å². The first-order valence-electron chi connectivity index (χ1n) is 12.5. The number of rotatable bonds is 11. The fourth-order valence-corrected chi connectivity index (χ4v) is 5.19. The average molecular weight is 530 g/mol. The lowest BCUT2D eigenvalue weighted by molar-refractivity contribution is -0.135. The van der Waals surface area contributed by atoms with Crippen molar-refractivity contribution < 1.29 is 14.4 Å². The van der Waals surface area contributed by atoms with Gasteiger partial charge in [0.1, 0.15) is 12.1 Å². The van der Waals surface area contributed by atoms with Gasteiger partial charge in [-0.3, -0.25) is 19.3 Å². The van der Waals surface area contributed by atoms with Gasteiger partial charge >= 0.3 is 0 Å². The molecular formula is C29H31N5O3S. The third kappa shape index (κ3) is 6.87. The summed E-state index contributed by atoms with van der Waals surface area (Å²) in [6, 6.07) is 25.2.